The summed E-state index contributed by atoms with van der Waals surface area (Å²) in [6.45, 7) is 10.1. The Labute approximate surface area is 196 Å². The fraction of sp³-hybridized carbons (Fsp3) is 0.222. The van der Waals surface area contributed by atoms with E-state index in [2.05, 4.69) is 108 Å². The van der Waals surface area contributed by atoms with Crippen LogP contribution in [-0.4, -0.2) is 37.2 Å². The summed E-state index contributed by atoms with van der Waals surface area (Å²) in [5, 5.41) is 4.58. The average molecular weight is 447 g/mol. The van der Waals surface area contributed by atoms with E-state index in [1.807, 2.05) is 33.6 Å². The molecule has 33 heavy (non-hydrogen) atoms. The van der Waals surface area contributed by atoms with Gasteiger partial charge in [0.25, 0.3) is 0 Å². The smallest absolute Gasteiger partial charge is 0.139 e. The number of aromatic nitrogens is 2. The first kappa shape index (κ1) is 27.1. The Bertz CT molecular complexity index is 1120. The fourth-order valence-electron chi connectivity index (χ4n) is 3.34. The lowest BCUT2D eigenvalue weighted by molar-refractivity contribution is -0.0987. The lowest BCUT2D eigenvalue weighted by atomic mass is 10.1. The first-order valence-corrected chi connectivity index (χ1v) is 10.7. The summed E-state index contributed by atoms with van der Waals surface area (Å²) in [7, 11) is 6.22. The van der Waals surface area contributed by atoms with E-state index >= 15 is 0 Å². The Morgan fingerprint density at radius 1 is 0.879 bits per heavy atom. The minimum Gasteiger partial charge on any atom is -0.378 e. The maximum atomic E-state index is 8.00. The predicted molar refractivity (Wildman–Crippen MR) is 141 cm³/mol. The summed E-state index contributed by atoms with van der Waals surface area (Å²) in [5.41, 5.74) is 7.01. The van der Waals surface area contributed by atoms with Crippen molar-refractivity contribution in [3.05, 3.63) is 72.4 Å². The van der Waals surface area contributed by atoms with Crippen LogP contribution < -0.4 is 10.2 Å². The number of benzene rings is 2. The molecule has 0 bridgehead atoms. The molecule has 0 aliphatic rings. The van der Waals surface area contributed by atoms with E-state index < -0.39 is 0 Å². The van der Waals surface area contributed by atoms with Gasteiger partial charge in [-0.1, -0.05) is 43.7 Å². The molecular weight excluding hydrogens is 412 g/mol. The zero-order valence-corrected chi connectivity index (χ0v) is 20.4. The van der Waals surface area contributed by atoms with Gasteiger partial charge in [0.2, 0.25) is 0 Å². The molecule has 1 N–H and O–H groups in total. The molecule has 0 saturated carbocycles. The van der Waals surface area contributed by atoms with Crippen molar-refractivity contribution >= 4 is 41.7 Å². The van der Waals surface area contributed by atoms with Gasteiger partial charge in [-0.05, 0) is 48.9 Å². The van der Waals surface area contributed by atoms with Gasteiger partial charge in [0.15, 0.2) is 0 Å². The van der Waals surface area contributed by atoms with Crippen LogP contribution in [-0.2, 0) is 16.6 Å². The van der Waals surface area contributed by atoms with Crippen LogP contribution in [0, 0.1) is 6.92 Å². The van der Waals surface area contributed by atoms with Crippen molar-refractivity contribution in [2.75, 3.05) is 24.3 Å². The molecule has 0 spiro atoms. The first-order chi connectivity index (χ1) is 16.0. The maximum absolute atomic E-state index is 8.00. The monoisotopic (exact) mass is 446 g/mol. The zero-order valence-electron chi connectivity index (χ0n) is 20.4. The molecule has 0 aliphatic heterocycles. The second-order valence-electron chi connectivity index (χ2n) is 7.11. The van der Waals surface area contributed by atoms with E-state index in [0.29, 0.717) is 0 Å². The van der Waals surface area contributed by atoms with E-state index in [0.717, 1.165) is 22.4 Å². The number of anilines is 3. The van der Waals surface area contributed by atoms with Crippen LogP contribution in [0.3, 0.4) is 0 Å². The van der Waals surface area contributed by atoms with Crippen molar-refractivity contribution in [2.45, 2.75) is 20.8 Å². The number of hydrogen-bond donors (Lipinski definition) is 1. The molecule has 4 rings (SSSR count). The number of pyridine rings is 1. The van der Waals surface area contributed by atoms with Gasteiger partial charge in [0.1, 0.15) is 19.4 Å². The predicted octanol–water partition coefficient (Wildman–Crippen LogP) is 6.01. The topological polar surface area (TPSA) is 67.2 Å². The largest absolute Gasteiger partial charge is 0.378 e. The first-order valence-electron chi connectivity index (χ1n) is 10.7. The van der Waals surface area contributed by atoms with E-state index in [1.54, 1.807) is 0 Å². The molecule has 6 nitrogen and oxygen atoms in total. The lowest BCUT2D eigenvalue weighted by Gasteiger charge is -2.13. The van der Waals surface area contributed by atoms with Crippen molar-refractivity contribution in [3.63, 3.8) is 0 Å². The van der Waals surface area contributed by atoms with Crippen LogP contribution >= 0.6 is 0 Å². The van der Waals surface area contributed by atoms with Gasteiger partial charge in [0, 0.05) is 49.8 Å². The third-order valence-corrected chi connectivity index (χ3v) is 4.96. The highest BCUT2D eigenvalue weighted by Crippen LogP contribution is 2.32. The van der Waals surface area contributed by atoms with Gasteiger partial charge in [-0.3, -0.25) is 0 Å². The highest BCUT2D eigenvalue weighted by atomic mass is 16.1. The van der Waals surface area contributed by atoms with Gasteiger partial charge in [-0.2, -0.15) is 0 Å². The summed E-state index contributed by atoms with van der Waals surface area (Å²) in [6, 6.07) is 21.3. The molecular formula is C27H34N4O2. The molecule has 2 aromatic carbocycles. The van der Waals surface area contributed by atoms with Crippen LogP contribution in [0.15, 0.2) is 66.9 Å². The quantitative estimate of drug-likeness (QED) is 0.415. The SMILES string of the molecule is C=O.C=O.CC.Cc1ccc(Nc2nccc3c2cc(-c2ccc(N(C)C)cc2)n3C)cc1. The number of aryl methyl sites for hydroxylation is 2. The number of hydrogen-bond acceptors (Lipinski definition) is 5. The Balaban J connectivity index is 0.000000841. The molecule has 4 aromatic rings. The second-order valence-corrected chi connectivity index (χ2v) is 7.11. The lowest BCUT2D eigenvalue weighted by Crippen LogP contribution is -2.08. The van der Waals surface area contributed by atoms with Crippen LogP contribution in [0.4, 0.5) is 17.2 Å². The number of nitrogens with one attached hydrogen (secondary N) is 1. The molecule has 6 heteroatoms. The van der Waals surface area contributed by atoms with Crippen molar-refractivity contribution in [1.29, 1.82) is 0 Å². The molecule has 0 radical (unpaired) electrons. The molecule has 174 valence electrons. The minimum absolute atomic E-state index is 0.878. The van der Waals surface area contributed by atoms with Gasteiger partial charge >= 0.3 is 0 Å². The van der Waals surface area contributed by atoms with Gasteiger partial charge < -0.3 is 24.4 Å². The van der Waals surface area contributed by atoms with Crippen molar-refractivity contribution in [2.24, 2.45) is 7.05 Å². The second kappa shape index (κ2) is 13.5. The highest BCUT2D eigenvalue weighted by molar-refractivity contribution is 5.96. The summed E-state index contributed by atoms with van der Waals surface area (Å²) < 4.78 is 2.22. The van der Waals surface area contributed by atoms with Crippen molar-refractivity contribution < 1.29 is 9.59 Å². The number of rotatable bonds is 4. The highest BCUT2D eigenvalue weighted by Gasteiger charge is 2.12. The Morgan fingerprint density at radius 2 is 1.45 bits per heavy atom. The average Bonchev–Trinajstić information content (AvgIpc) is 3.22. The Kier molecular flexibility index (Phi) is 11.1. The summed E-state index contributed by atoms with van der Waals surface area (Å²) in [4.78, 5) is 22.7. The number of fused-ring (bicyclic) bond motifs is 1. The van der Waals surface area contributed by atoms with E-state index in [9.17, 15) is 0 Å². The summed E-state index contributed by atoms with van der Waals surface area (Å²) >= 11 is 0. The summed E-state index contributed by atoms with van der Waals surface area (Å²) in [5.74, 6) is 0.878. The summed E-state index contributed by atoms with van der Waals surface area (Å²) in [6.07, 6.45) is 1.86. The van der Waals surface area contributed by atoms with E-state index in [1.165, 1.54) is 22.5 Å². The molecule has 2 heterocycles. The van der Waals surface area contributed by atoms with Crippen LogP contribution in [0.5, 0.6) is 0 Å². The van der Waals surface area contributed by atoms with Gasteiger partial charge in [-0.15, -0.1) is 0 Å². The standard InChI is InChI=1S/C23H24N4.C2H6.2CH2O/c1-16-5-9-18(10-6-16)25-23-20-15-22(27(4)21(20)13-14-24-23)17-7-11-19(12-8-17)26(2)3;3*1-2/h5-15H,1-4H3,(H,24,25);1-2H3;2*1H2. The molecule has 0 aliphatic carbocycles. The molecule has 0 amide bonds. The number of carbonyl (C=O) groups excluding carboxylic acids is 2. The third kappa shape index (κ3) is 6.53. The van der Waals surface area contributed by atoms with Crippen LogP contribution in [0.25, 0.3) is 22.2 Å². The maximum Gasteiger partial charge on any atom is 0.139 e. The molecule has 0 saturated heterocycles. The molecule has 0 unspecified atom stereocenters. The minimum atomic E-state index is 0.878. The van der Waals surface area contributed by atoms with Gasteiger partial charge in [0.05, 0.1) is 5.52 Å². The molecule has 0 atom stereocenters. The Morgan fingerprint density at radius 3 is 2.00 bits per heavy atom. The van der Waals surface area contributed by atoms with Crippen LogP contribution in [0.1, 0.15) is 19.4 Å². The molecule has 2 aromatic heterocycles. The fourth-order valence-corrected chi connectivity index (χ4v) is 3.34. The number of nitrogens with zero attached hydrogens (tertiary/aromatic N) is 3. The van der Waals surface area contributed by atoms with Crippen molar-refractivity contribution in [3.8, 4) is 11.3 Å². The number of carbonyl (C=O) groups is 2. The van der Waals surface area contributed by atoms with Crippen LogP contribution in [0.2, 0.25) is 0 Å². The molecule has 0 fully saturated rings. The zero-order chi connectivity index (χ0) is 25.0. The van der Waals surface area contributed by atoms with E-state index in [4.69, 9.17) is 9.59 Å². The van der Waals surface area contributed by atoms with Crippen molar-refractivity contribution in [1.82, 2.24) is 9.55 Å². The third-order valence-electron chi connectivity index (χ3n) is 4.96. The Hall–Kier alpha value is -3.93. The normalized spacial score (nSPS) is 9.39. The van der Waals surface area contributed by atoms with Gasteiger partial charge in [-0.25, -0.2) is 4.98 Å². The van der Waals surface area contributed by atoms with E-state index in [-0.39, 0.29) is 0 Å².